The second kappa shape index (κ2) is 4.55. The molecule has 5 heteroatoms. The van der Waals surface area contributed by atoms with Crippen molar-refractivity contribution < 1.29 is 0 Å². The van der Waals surface area contributed by atoms with Crippen molar-refractivity contribution in [3.8, 4) is 11.4 Å². The fraction of sp³-hybridized carbons (Fsp3) is 0.0833. The Morgan fingerprint density at radius 1 is 1.00 bits per heavy atom. The second-order valence-electron chi connectivity index (χ2n) is 3.56. The smallest absolute Gasteiger partial charge is 0.189 e. The fourth-order valence-corrected chi connectivity index (χ4v) is 2.29. The number of imidazole rings is 1. The molecule has 0 saturated heterocycles. The molecule has 17 heavy (non-hydrogen) atoms. The van der Waals surface area contributed by atoms with E-state index in [9.17, 15) is 0 Å². The van der Waals surface area contributed by atoms with Gasteiger partial charge in [0.05, 0.1) is 11.4 Å². The summed E-state index contributed by atoms with van der Waals surface area (Å²) in [6, 6.07) is 11.8. The zero-order chi connectivity index (χ0) is 11.5. The quantitative estimate of drug-likeness (QED) is 0.717. The van der Waals surface area contributed by atoms with Gasteiger partial charge in [0, 0.05) is 17.6 Å². The van der Waals surface area contributed by atoms with Gasteiger partial charge >= 0.3 is 0 Å². The fourth-order valence-electron chi connectivity index (χ4n) is 1.52. The number of nitrogens with zero attached hydrogens (tertiary/aromatic N) is 3. The lowest BCUT2D eigenvalue weighted by Crippen LogP contribution is -1.81. The van der Waals surface area contributed by atoms with Crippen molar-refractivity contribution >= 4 is 11.8 Å². The molecule has 0 spiro atoms. The van der Waals surface area contributed by atoms with Crippen LogP contribution >= 0.6 is 11.8 Å². The van der Waals surface area contributed by atoms with Gasteiger partial charge in [-0.1, -0.05) is 30.0 Å². The minimum Gasteiger partial charge on any atom is -0.282 e. The number of H-pyrrole nitrogens is 1. The number of aromatic amines is 1. The molecule has 2 aliphatic rings. The van der Waals surface area contributed by atoms with Crippen molar-refractivity contribution in [3.63, 3.8) is 0 Å². The summed E-state index contributed by atoms with van der Waals surface area (Å²) in [6.45, 7) is 0. The molecule has 1 aromatic heterocycles. The zero-order valence-corrected chi connectivity index (χ0v) is 9.81. The van der Waals surface area contributed by atoms with Crippen LogP contribution in [0.5, 0.6) is 0 Å². The first-order valence-electron chi connectivity index (χ1n) is 5.26. The molecular weight excluding hydrogens is 232 g/mol. The molecule has 1 aliphatic heterocycles. The molecule has 0 atom stereocenters. The molecule has 3 rings (SSSR count). The highest BCUT2D eigenvalue weighted by Crippen LogP contribution is 2.24. The highest BCUT2D eigenvalue weighted by molar-refractivity contribution is 7.98. The minimum absolute atomic E-state index is 0.806. The van der Waals surface area contributed by atoms with Crippen molar-refractivity contribution in [2.75, 3.05) is 0 Å². The van der Waals surface area contributed by atoms with Crippen LogP contribution in [0.15, 0.2) is 47.8 Å². The Morgan fingerprint density at radius 3 is 2.41 bits per heavy atom. The van der Waals surface area contributed by atoms with Crippen LogP contribution in [0, 0.1) is 0 Å². The molecule has 4 nitrogen and oxygen atoms in total. The summed E-state index contributed by atoms with van der Waals surface area (Å²) in [6.07, 6.45) is 1.75. The first-order valence-corrected chi connectivity index (χ1v) is 6.24. The average Bonchev–Trinajstić information content (AvgIpc) is 2.93. The van der Waals surface area contributed by atoms with Crippen molar-refractivity contribution in [2.24, 2.45) is 0 Å². The number of nitrogens with one attached hydrogen (secondary N) is 1. The van der Waals surface area contributed by atoms with Crippen LogP contribution in [-0.2, 0) is 5.75 Å². The lowest BCUT2D eigenvalue weighted by molar-refractivity contribution is 1.03. The van der Waals surface area contributed by atoms with Crippen LogP contribution in [0.3, 0.4) is 0 Å². The lowest BCUT2D eigenvalue weighted by atomic mass is 10.3. The van der Waals surface area contributed by atoms with Gasteiger partial charge < -0.3 is 0 Å². The van der Waals surface area contributed by atoms with Crippen molar-refractivity contribution in [1.29, 1.82) is 0 Å². The Kier molecular flexibility index (Phi) is 2.75. The maximum Gasteiger partial charge on any atom is 0.189 e. The van der Waals surface area contributed by atoms with Crippen LogP contribution in [0.2, 0.25) is 0 Å². The monoisotopic (exact) mass is 242 g/mol. The third kappa shape index (κ3) is 2.29. The predicted molar refractivity (Wildman–Crippen MR) is 66.8 cm³/mol. The molecule has 0 bridgehead atoms. The standard InChI is InChI=1S/C12H10N4S/c1-2-4-10-11(5-3-1)15-12(14-10)17-8-9-6-7-13-16-9/h1-7H,8H2,(H,13,16). The molecule has 0 aromatic carbocycles. The number of fused-ring (bicyclic) bond motifs is 1. The number of hydrogen-bond donors (Lipinski definition) is 1. The first kappa shape index (κ1) is 10.3. The van der Waals surface area contributed by atoms with E-state index in [-0.39, 0.29) is 0 Å². The molecule has 1 aromatic rings. The van der Waals surface area contributed by atoms with Crippen molar-refractivity contribution in [2.45, 2.75) is 10.9 Å². The van der Waals surface area contributed by atoms with Crippen LogP contribution in [0.4, 0.5) is 0 Å². The Morgan fingerprint density at radius 2 is 1.76 bits per heavy atom. The highest BCUT2D eigenvalue weighted by Gasteiger charge is 2.09. The maximum absolute atomic E-state index is 4.47. The minimum atomic E-state index is 0.806. The molecule has 0 fully saturated rings. The van der Waals surface area contributed by atoms with E-state index < -0.39 is 0 Å². The Hall–Kier alpha value is -1.88. The SMILES string of the molecule is c1ccc2nc(SCc3ccn[nH]3)nc-2cc1. The zero-order valence-electron chi connectivity index (χ0n) is 9.00. The van der Waals surface area contributed by atoms with Crippen LogP contribution < -0.4 is 0 Å². The summed E-state index contributed by atoms with van der Waals surface area (Å²) in [5.74, 6) is 0.808. The summed E-state index contributed by atoms with van der Waals surface area (Å²) in [4.78, 5) is 8.94. The van der Waals surface area contributed by atoms with Gasteiger partial charge in [0.1, 0.15) is 0 Å². The topological polar surface area (TPSA) is 54.5 Å². The van der Waals surface area contributed by atoms with Gasteiger partial charge in [0.25, 0.3) is 0 Å². The molecule has 84 valence electrons. The summed E-state index contributed by atoms with van der Waals surface area (Å²) >= 11 is 1.61. The normalized spacial score (nSPS) is 10.8. The van der Waals surface area contributed by atoms with E-state index in [1.165, 1.54) is 0 Å². The Bertz CT molecular complexity index is 548. The molecule has 1 aliphatic carbocycles. The van der Waals surface area contributed by atoms with Gasteiger partial charge in [-0.3, -0.25) is 5.10 Å². The van der Waals surface area contributed by atoms with Crippen LogP contribution in [0.25, 0.3) is 11.4 Å². The largest absolute Gasteiger partial charge is 0.282 e. The Balaban J connectivity index is 1.80. The molecule has 0 radical (unpaired) electrons. The predicted octanol–water partition coefficient (Wildman–Crippen LogP) is 2.60. The molecule has 0 unspecified atom stereocenters. The van der Waals surface area contributed by atoms with E-state index in [1.807, 2.05) is 36.4 Å². The van der Waals surface area contributed by atoms with Gasteiger partial charge in [0.15, 0.2) is 5.16 Å². The van der Waals surface area contributed by atoms with Gasteiger partial charge in [-0.15, -0.1) is 0 Å². The van der Waals surface area contributed by atoms with Crippen LogP contribution in [0.1, 0.15) is 5.69 Å². The van der Waals surface area contributed by atoms with Crippen molar-refractivity contribution in [3.05, 3.63) is 48.3 Å². The van der Waals surface area contributed by atoms with E-state index >= 15 is 0 Å². The number of rotatable bonds is 3. The van der Waals surface area contributed by atoms with E-state index in [0.717, 1.165) is 28.0 Å². The summed E-state index contributed by atoms with van der Waals surface area (Å²) in [7, 11) is 0. The second-order valence-corrected chi connectivity index (χ2v) is 4.50. The Labute approximate surface area is 103 Å². The lowest BCUT2D eigenvalue weighted by Gasteiger charge is -1.91. The summed E-state index contributed by atoms with van der Waals surface area (Å²) in [5.41, 5.74) is 2.94. The number of thioether (sulfide) groups is 1. The van der Waals surface area contributed by atoms with Crippen molar-refractivity contribution in [1.82, 2.24) is 20.2 Å². The van der Waals surface area contributed by atoms with E-state index in [4.69, 9.17) is 0 Å². The van der Waals surface area contributed by atoms with E-state index in [0.29, 0.717) is 0 Å². The van der Waals surface area contributed by atoms with Gasteiger partial charge in [-0.05, 0) is 18.2 Å². The first-order chi connectivity index (χ1) is 8.42. The third-order valence-corrected chi connectivity index (χ3v) is 3.24. The maximum atomic E-state index is 4.47. The van der Waals surface area contributed by atoms with Gasteiger partial charge in [-0.25, -0.2) is 9.97 Å². The number of aromatic nitrogens is 4. The van der Waals surface area contributed by atoms with E-state index in [2.05, 4.69) is 20.2 Å². The molecule has 2 heterocycles. The molecule has 0 amide bonds. The summed E-state index contributed by atoms with van der Waals surface area (Å²) in [5, 5.41) is 7.63. The number of hydrogen-bond acceptors (Lipinski definition) is 4. The van der Waals surface area contributed by atoms with Gasteiger partial charge in [0.2, 0.25) is 0 Å². The summed E-state index contributed by atoms with van der Waals surface area (Å²) < 4.78 is 0. The van der Waals surface area contributed by atoms with E-state index in [1.54, 1.807) is 18.0 Å². The molecular formula is C12H10N4S. The van der Waals surface area contributed by atoms with Gasteiger partial charge in [-0.2, -0.15) is 5.10 Å². The molecule has 1 N–H and O–H groups in total. The average molecular weight is 242 g/mol. The van der Waals surface area contributed by atoms with Crippen LogP contribution in [-0.4, -0.2) is 20.2 Å². The molecule has 0 saturated carbocycles. The highest BCUT2D eigenvalue weighted by atomic mass is 32.2. The third-order valence-electron chi connectivity index (χ3n) is 2.34.